The highest BCUT2D eigenvalue weighted by atomic mass is 15.2. The lowest BCUT2D eigenvalue weighted by atomic mass is 9.98. The van der Waals surface area contributed by atoms with Crippen LogP contribution in [0.1, 0.15) is 43.6 Å². The second kappa shape index (κ2) is 7.34. The number of nitrogens with two attached hydrogens (primary N) is 1. The Morgan fingerprint density at radius 3 is 2.89 bits per heavy atom. The molecule has 1 aliphatic rings. The summed E-state index contributed by atoms with van der Waals surface area (Å²) in [6, 6.07) is 8.83. The monoisotopic (exact) mass is 258 g/mol. The van der Waals surface area contributed by atoms with E-state index in [0.717, 1.165) is 25.9 Å². The molecule has 1 aromatic carbocycles. The van der Waals surface area contributed by atoms with Crippen LogP contribution in [-0.4, -0.2) is 19.6 Å². The normalized spacial score (nSPS) is 17.5. The van der Waals surface area contributed by atoms with E-state index in [1.807, 2.05) is 6.08 Å². The largest absolute Gasteiger partial charge is 0.371 e. The summed E-state index contributed by atoms with van der Waals surface area (Å²) in [6.45, 7) is 6.88. The molecule has 1 aliphatic heterocycles. The molecule has 0 radical (unpaired) electrons. The number of hydrogen-bond acceptors (Lipinski definition) is 2. The average molecular weight is 258 g/mol. The van der Waals surface area contributed by atoms with Crippen LogP contribution in [-0.2, 0) is 0 Å². The van der Waals surface area contributed by atoms with Gasteiger partial charge in [-0.2, -0.15) is 0 Å². The number of benzene rings is 1. The van der Waals surface area contributed by atoms with Gasteiger partial charge in [-0.05, 0) is 43.9 Å². The van der Waals surface area contributed by atoms with E-state index in [2.05, 4.69) is 35.7 Å². The first-order chi connectivity index (χ1) is 9.36. The highest BCUT2D eigenvalue weighted by Gasteiger charge is 2.26. The number of anilines is 1. The number of nitrogens with zero attached hydrogens (tertiary/aromatic N) is 1. The van der Waals surface area contributed by atoms with Gasteiger partial charge in [0.2, 0.25) is 0 Å². The topological polar surface area (TPSA) is 29.3 Å². The van der Waals surface area contributed by atoms with E-state index in [0.29, 0.717) is 5.92 Å². The Morgan fingerprint density at radius 2 is 2.11 bits per heavy atom. The maximum absolute atomic E-state index is 5.74. The first-order valence-corrected chi connectivity index (χ1v) is 7.51. The molecule has 104 valence electrons. The van der Waals surface area contributed by atoms with Crippen LogP contribution in [0.4, 0.5) is 5.69 Å². The summed E-state index contributed by atoms with van der Waals surface area (Å²) >= 11 is 0. The van der Waals surface area contributed by atoms with Crippen molar-refractivity contribution in [3.8, 4) is 0 Å². The van der Waals surface area contributed by atoms with Gasteiger partial charge in [0.25, 0.3) is 0 Å². The van der Waals surface area contributed by atoms with Crippen LogP contribution in [0.25, 0.3) is 0 Å². The molecule has 1 aromatic rings. The Hall–Kier alpha value is -1.28. The highest BCUT2D eigenvalue weighted by molar-refractivity contribution is 5.60. The maximum atomic E-state index is 5.74. The van der Waals surface area contributed by atoms with Crippen molar-refractivity contribution in [2.75, 3.05) is 24.5 Å². The van der Waals surface area contributed by atoms with E-state index < -0.39 is 0 Å². The molecule has 0 saturated heterocycles. The molecule has 1 heterocycles. The van der Waals surface area contributed by atoms with Crippen LogP contribution >= 0.6 is 0 Å². The van der Waals surface area contributed by atoms with Crippen LogP contribution in [0.3, 0.4) is 0 Å². The molecular weight excluding hydrogens is 232 g/mol. The van der Waals surface area contributed by atoms with Crippen molar-refractivity contribution in [3.63, 3.8) is 0 Å². The Labute approximate surface area is 117 Å². The number of unbranched alkanes of at least 4 members (excludes halogenated alkanes) is 3. The molecule has 1 atom stereocenters. The third-order valence-electron chi connectivity index (χ3n) is 4.01. The lowest BCUT2D eigenvalue weighted by Gasteiger charge is -2.19. The molecule has 2 N–H and O–H groups in total. The molecule has 0 amide bonds. The van der Waals surface area contributed by atoms with Gasteiger partial charge >= 0.3 is 0 Å². The van der Waals surface area contributed by atoms with Gasteiger partial charge in [-0.15, -0.1) is 6.58 Å². The smallest absolute Gasteiger partial charge is 0.0402 e. The minimum Gasteiger partial charge on any atom is -0.371 e. The summed E-state index contributed by atoms with van der Waals surface area (Å²) in [5.74, 6) is 0.634. The van der Waals surface area contributed by atoms with Crippen LogP contribution in [0.2, 0.25) is 0 Å². The van der Waals surface area contributed by atoms with Crippen LogP contribution < -0.4 is 10.6 Å². The Balaban J connectivity index is 1.90. The van der Waals surface area contributed by atoms with Crippen molar-refractivity contribution < 1.29 is 0 Å². The molecule has 0 aliphatic carbocycles. The Kier molecular flexibility index (Phi) is 5.46. The molecule has 0 spiro atoms. The minimum absolute atomic E-state index is 0.634. The number of allylic oxidation sites excluding steroid dienone is 1. The lowest BCUT2D eigenvalue weighted by molar-refractivity contribution is 0.617. The highest BCUT2D eigenvalue weighted by Crippen LogP contribution is 2.37. The van der Waals surface area contributed by atoms with Gasteiger partial charge in [-0.1, -0.05) is 30.7 Å². The maximum Gasteiger partial charge on any atom is 0.0402 e. The second-order valence-electron chi connectivity index (χ2n) is 5.42. The second-order valence-corrected chi connectivity index (χ2v) is 5.42. The third-order valence-corrected chi connectivity index (χ3v) is 4.01. The van der Waals surface area contributed by atoms with Gasteiger partial charge in [0, 0.05) is 24.7 Å². The number of fused-ring (bicyclic) bond motifs is 1. The van der Waals surface area contributed by atoms with E-state index in [1.165, 1.54) is 37.1 Å². The van der Waals surface area contributed by atoms with E-state index in [4.69, 9.17) is 5.73 Å². The Bertz CT molecular complexity index is 400. The summed E-state index contributed by atoms with van der Waals surface area (Å²) in [7, 11) is 0. The molecule has 0 aromatic heterocycles. The summed E-state index contributed by atoms with van der Waals surface area (Å²) in [6.07, 6.45) is 8.10. The van der Waals surface area contributed by atoms with Crippen LogP contribution in [0.15, 0.2) is 36.9 Å². The van der Waals surface area contributed by atoms with E-state index in [9.17, 15) is 0 Å². The number of rotatable bonds is 8. The standard InChI is InChI=1S/C17H26N2/c1-2-3-4-5-8-13-19-14-15(11-12-18)16-9-6-7-10-17(16)19/h2,6-7,9-10,15H,1,3-5,8,11-14,18H2. The molecule has 1 unspecified atom stereocenters. The predicted molar refractivity (Wildman–Crippen MR) is 83.7 cm³/mol. The number of para-hydroxylation sites is 1. The Morgan fingerprint density at radius 1 is 1.26 bits per heavy atom. The molecule has 0 saturated carbocycles. The fourth-order valence-corrected chi connectivity index (χ4v) is 3.01. The fraction of sp³-hybridized carbons (Fsp3) is 0.529. The van der Waals surface area contributed by atoms with Gasteiger partial charge < -0.3 is 10.6 Å². The minimum atomic E-state index is 0.634. The molecule has 2 rings (SSSR count). The van der Waals surface area contributed by atoms with Crippen molar-refractivity contribution in [1.29, 1.82) is 0 Å². The summed E-state index contributed by atoms with van der Waals surface area (Å²) in [4.78, 5) is 2.55. The third kappa shape index (κ3) is 3.60. The first-order valence-electron chi connectivity index (χ1n) is 7.51. The van der Waals surface area contributed by atoms with Crippen molar-refractivity contribution >= 4 is 5.69 Å². The fourth-order valence-electron chi connectivity index (χ4n) is 3.01. The predicted octanol–water partition coefficient (Wildman–Crippen LogP) is 3.69. The van der Waals surface area contributed by atoms with Gasteiger partial charge in [0.1, 0.15) is 0 Å². The molecular formula is C17H26N2. The SMILES string of the molecule is C=CCCCCCN1CC(CCN)c2ccccc21. The van der Waals surface area contributed by atoms with Crippen molar-refractivity contribution in [2.24, 2.45) is 5.73 Å². The van der Waals surface area contributed by atoms with Crippen molar-refractivity contribution in [2.45, 2.75) is 38.0 Å². The van der Waals surface area contributed by atoms with E-state index >= 15 is 0 Å². The van der Waals surface area contributed by atoms with Gasteiger partial charge in [0.15, 0.2) is 0 Å². The molecule has 19 heavy (non-hydrogen) atoms. The van der Waals surface area contributed by atoms with Gasteiger partial charge in [-0.25, -0.2) is 0 Å². The lowest BCUT2D eigenvalue weighted by Crippen LogP contribution is -2.23. The molecule has 0 fully saturated rings. The van der Waals surface area contributed by atoms with Crippen molar-refractivity contribution in [1.82, 2.24) is 0 Å². The quantitative estimate of drug-likeness (QED) is 0.569. The molecule has 0 bridgehead atoms. The summed E-state index contributed by atoms with van der Waals surface area (Å²) < 4.78 is 0. The van der Waals surface area contributed by atoms with E-state index in [-0.39, 0.29) is 0 Å². The van der Waals surface area contributed by atoms with Crippen molar-refractivity contribution in [3.05, 3.63) is 42.5 Å². The average Bonchev–Trinajstić information content (AvgIpc) is 2.78. The van der Waals surface area contributed by atoms with Gasteiger partial charge in [0.05, 0.1) is 0 Å². The van der Waals surface area contributed by atoms with Crippen LogP contribution in [0, 0.1) is 0 Å². The first kappa shape index (κ1) is 14.1. The zero-order valence-electron chi connectivity index (χ0n) is 11.9. The van der Waals surface area contributed by atoms with Crippen LogP contribution in [0.5, 0.6) is 0 Å². The molecule has 2 heteroatoms. The van der Waals surface area contributed by atoms with E-state index in [1.54, 1.807) is 0 Å². The number of hydrogen-bond donors (Lipinski definition) is 1. The summed E-state index contributed by atoms with van der Waals surface area (Å²) in [5.41, 5.74) is 8.67. The summed E-state index contributed by atoms with van der Waals surface area (Å²) in [5, 5.41) is 0. The zero-order valence-corrected chi connectivity index (χ0v) is 11.9. The van der Waals surface area contributed by atoms with Gasteiger partial charge in [-0.3, -0.25) is 0 Å². The molecule has 2 nitrogen and oxygen atoms in total. The zero-order chi connectivity index (χ0) is 13.5.